The van der Waals surface area contributed by atoms with Gasteiger partial charge in [-0.3, -0.25) is 0 Å². The van der Waals surface area contributed by atoms with Crippen molar-refractivity contribution in [3.63, 3.8) is 0 Å². The van der Waals surface area contributed by atoms with E-state index >= 15 is 0 Å². The van der Waals surface area contributed by atoms with Crippen molar-refractivity contribution in [3.05, 3.63) is 46.5 Å². The Labute approximate surface area is 182 Å². The molecule has 27 heavy (non-hydrogen) atoms. The Morgan fingerprint density at radius 1 is 0.815 bits per heavy atom. The number of aryl methyl sites for hydroxylation is 1. The molecule has 1 aromatic carbocycles. The summed E-state index contributed by atoms with van der Waals surface area (Å²) in [6, 6.07) is 11.0. The minimum atomic E-state index is -1.50. The molecule has 1 aromatic rings. The topological polar surface area (TPSA) is 0 Å². The molecule has 0 heterocycles. The second-order valence-corrected chi connectivity index (χ2v) is 53.0. The van der Waals surface area contributed by atoms with E-state index in [1.165, 1.54) is 18.4 Å². The SMILES string of the molecule is C[Si](C)(C)[Si]([C@H](CC=C(Cl)Cl)CCc1ccccc1)([Si](C)(C)C)[Si](C)(C)C. The summed E-state index contributed by atoms with van der Waals surface area (Å²) in [6.45, 7) is 22.6. The van der Waals surface area contributed by atoms with Gasteiger partial charge in [0.05, 0.1) is 0 Å². The van der Waals surface area contributed by atoms with Crippen molar-refractivity contribution in [2.24, 2.45) is 0 Å². The third-order valence-electron chi connectivity index (χ3n) is 6.34. The number of hydrogen-bond acceptors (Lipinski definition) is 0. The summed E-state index contributed by atoms with van der Waals surface area (Å²) in [5, 5.41) is 0. The fraction of sp³-hybridized carbons (Fsp3) is 0.619. The zero-order chi connectivity index (χ0) is 21.1. The van der Waals surface area contributed by atoms with E-state index in [9.17, 15) is 0 Å². The standard InChI is InChI=1S/C21H40Cl2Si4/c1-24(2,3)27(25(4,5)6,26(7,8)9)20(17-18-21(22)23)16-15-19-13-11-10-12-14-19/h10-14,18,20H,15-17H2,1-9H3/t20-/m0/s1. The van der Waals surface area contributed by atoms with Crippen LogP contribution in [0.2, 0.25) is 64.5 Å². The van der Waals surface area contributed by atoms with Gasteiger partial charge >= 0.3 is 0 Å². The summed E-state index contributed by atoms with van der Waals surface area (Å²) in [4.78, 5) is 0. The van der Waals surface area contributed by atoms with Crippen LogP contribution in [0.15, 0.2) is 40.9 Å². The Balaban J connectivity index is 3.51. The van der Waals surface area contributed by atoms with Crippen LogP contribution in [0.1, 0.15) is 18.4 Å². The molecule has 0 nitrogen and oxygen atoms in total. The summed E-state index contributed by atoms with van der Waals surface area (Å²) in [5.74, 6) is 0. The van der Waals surface area contributed by atoms with Crippen molar-refractivity contribution in [1.29, 1.82) is 0 Å². The number of halogens is 2. The lowest BCUT2D eigenvalue weighted by molar-refractivity contribution is 0.733. The Hall–Kier alpha value is 0.408. The van der Waals surface area contributed by atoms with E-state index < -0.39 is 29.4 Å². The van der Waals surface area contributed by atoms with E-state index in [-0.39, 0.29) is 0 Å². The molecule has 6 heteroatoms. The Kier molecular flexibility index (Phi) is 8.93. The second kappa shape index (κ2) is 9.48. The van der Waals surface area contributed by atoms with Gasteiger partial charge in [-0.1, -0.05) is 119 Å². The summed E-state index contributed by atoms with van der Waals surface area (Å²) in [6.07, 6.45) is 5.64. The lowest BCUT2D eigenvalue weighted by Crippen LogP contribution is -2.84. The first-order chi connectivity index (χ1) is 12.1. The van der Waals surface area contributed by atoms with Crippen LogP contribution in [-0.4, -0.2) is 29.4 Å². The summed E-state index contributed by atoms with van der Waals surface area (Å²) >= 11 is 12.2. The third-order valence-corrected chi connectivity index (χ3v) is 81.0. The highest BCUT2D eigenvalue weighted by atomic mass is 35.5. The van der Waals surface area contributed by atoms with E-state index in [2.05, 4.69) is 95.3 Å². The average molecular weight is 476 g/mol. The van der Waals surface area contributed by atoms with Gasteiger partial charge in [0.25, 0.3) is 0 Å². The van der Waals surface area contributed by atoms with Crippen LogP contribution >= 0.6 is 23.2 Å². The molecule has 0 N–H and O–H groups in total. The number of hydrogen-bond donors (Lipinski definition) is 0. The minimum absolute atomic E-state index is 0.448. The summed E-state index contributed by atoms with van der Waals surface area (Å²) in [7, 11) is -4.00. The van der Waals surface area contributed by atoms with Gasteiger partial charge < -0.3 is 0 Å². The van der Waals surface area contributed by atoms with Gasteiger partial charge in [0.15, 0.2) is 0 Å². The molecule has 0 aliphatic heterocycles. The minimum Gasteiger partial charge on any atom is -0.0718 e. The zero-order valence-corrected chi connectivity index (χ0v) is 24.4. The van der Waals surface area contributed by atoms with Gasteiger partial charge in [0, 0.05) is 29.4 Å². The molecular weight excluding hydrogens is 435 g/mol. The van der Waals surface area contributed by atoms with Crippen molar-refractivity contribution < 1.29 is 0 Å². The van der Waals surface area contributed by atoms with Crippen molar-refractivity contribution >= 4 is 52.6 Å². The maximum absolute atomic E-state index is 6.11. The maximum atomic E-state index is 6.11. The van der Waals surface area contributed by atoms with E-state index in [0.29, 0.717) is 4.49 Å². The zero-order valence-electron chi connectivity index (χ0n) is 18.9. The van der Waals surface area contributed by atoms with E-state index in [4.69, 9.17) is 23.2 Å². The normalized spacial score (nSPS) is 14.8. The first kappa shape index (κ1) is 25.4. The van der Waals surface area contributed by atoms with Crippen LogP contribution < -0.4 is 0 Å². The molecule has 0 saturated heterocycles. The fourth-order valence-electron chi connectivity index (χ4n) is 6.94. The molecule has 1 rings (SSSR count). The first-order valence-electron chi connectivity index (χ1n) is 10.2. The number of rotatable bonds is 9. The van der Waals surface area contributed by atoms with Crippen LogP contribution in [0, 0.1) is 0 Å². The van der Waals surface area contributed by atoms with Gasteiger partial charge in [-0.2, -0.15) is 0 Å². The highest BCUT2D eigenvalue weighted by molar-refractivity contribution is 7.89. The van der Waals surface area contributed by atoms with Crippen LogP contribution in [0.5, 0.6) is 0 Å². The summed E-state index contributed by atoms with van der Waals surface area (Å²) in [5.41, 5.74) is 2.25. The third kappa shape index (κ3) is 5.95. The molecule has 0 fully saturated rings. The lowest BCUT2D eigenvalue weighted by Gasteiger charge is -2.61. The Morgan fingerprint density at radius 3 is 1.63 bits per heavy atom. The quantitative estimate of drug-likeness (QED) is 0.315. The molecule has 0 aliphatic rings. The van der Waals surface area contributed by atoms with Crippen LogP contribution in [0.25, 0.3) is 0 Å². The van der Waals surface area contributed by atoms with E-state index in [0.717, 1.165) is 12.0 Å². The molecule has 0 aliphatic carbocycles. The van der Waals surface area contributed by atoms with Gasteiger partial charge in [-0.25, -0.2) is 0 Å². The van der Waals surface area contributed by atoms with Gasteiger partial charge in [0.1, 0.15) is 4.49 Å². The lowest BCUT2D eigenvalue weighted by atomic mass is 10.1. The van der Waals surface area contributed by atoms with Crippen molar-refractivity contribution in [3.8, 4) is 0 Å². The molecule has 0 bridgehead atoms. The predicted molar refractivity (Wildman–Crippen MR) is 139 cm³/mol. The fourth-order valence-corrected chi connectivity index (χ4v) is 113. The summed E-state index contributed by atoms with van der Waals surface area (Å²) < 4.78 is 0.448. The highest BCUT2D eigenvalue weighted by Gasteiger charge is 2.64. The van der Waals surface area contributed by atoms with Crippen molar-refractivity contribution in [2.45, 2.75) is 83.7 Å². The molecule has 0 spiro atoms. The molecule has 1 atom stereocenters. The van der Waals surface area contributed by atoms with Crippen molar-refractivity contribution in [1.82, 2.24) is 0 Å². The van der Waals surface area contributed by atoms with Gasteiger partial charge in [-0.15, -0.1) is 0 Å². The molecule has 0 unspecified atom stereocenters. The molecule has 0 aromatic heterocycles. The Morgan fingerprint density at radius 2 is 1.26 bits per heavy atom. The molecule has 0 saturated carbocycles. The molecule has 0 radical (unpaired) electrons. The number of benzene rings is 1. The predicted octanol–water partition coefficient (Wildman–Crippen LogP) is 8.40. The molecular formula is C21H40Cl2Si4. The van der Waals surface area contributed by atoms with Crippen LogP contribution in [0.3, 0.4) is 0 Å². The van der Waals surface area contributed by atoms with Crippen LogP contribution in [0.4, 0.5) is 0 Å². The monoisotopic (exact) mass is 474 g/mol. The molecule has 154 valence electrons. The van der Waals surface area contributed by atoms with Crippen LogP contribution in [-0.2, 0) is 6.42 Å². The first-order valence-corrected chi connectivity index (χ1v) is 26.5. The molecule has 0 amide bonds. The second-order valence-electron chi connectivity index (χ2n) is 11.0. The van der Waals surface area contributed by atoms with E-state index in [1.807, 2.05) is 0 Å². The van der Waals surface area contributed by atoms with E-state index in [1.54, 1.807) is 0 Å². The van der Waals surface area contributed by atoms with Gasteiger partial charge in [-0.05, 0) is 30.4 Å². The van der Waals surface area contributed by atoms with Crippen molar-refractivity contribution in [2.75, 3.05) is 0 Å². The average Bonchev–Trinajstić information content (AvgIpc) is 2.46. The maximum Gasteiger partial charge on any atom is 0.102 e. The number of allylic oxidation sites excluding steroid dienone is 1. The largest absolute Gasteiger partial charge is 0.102 e. The Bertz CT molecular complexity index is 582. The van der Waals surface area contributed by atoms with Gasteiger partial charge in [0.2, 0.25) is 0 Å². The smallest absolute Gasteiger partial charge is 0.0718 e. The highest BCUT2D eigenvalue weighted by Crippen LogP contribution is 2.48.